The first-order chi connectivity index (χ1) is 15.2. The van der Waals surface area contributed by atoms with Crippen molar-refractivity contribution in [1.29, 1.82) is 0 Å². The third-order valence-corrected chi connectivity index (χ3v) is 7.24. The summed E-state index contributed by atoms with van der Waals surface area (Å²) in [4.78, 5) is 0. The molecule has 0 radical (unpaired) electrons. The van der Waals surface area contributed by atoms with Gasteiger partial charge in [0.1, 0.15) is 0 Å². The van der Waals surface area contributed by atoms with Crippen molar-refractivity contribution < 1.29 is 18.1 Å². The molecule has 0 aromatic heterocycles. The normalized spacial score (nSPS) is 12.0. The summed E-state index contributed by atoms with van der Waals surface area (Å²) in [5.41, 5.74) is 0. The molecule has 0 aliphatic rings. The Morgan fingerprint density at radius 2 is 0.613 bits per heavy atom. The van der Waals surface area contributed by atoms with Crippen LogP contribution in [0, 0.1) is 0 Å². The van der Waals surface area contributed by atoms with E-state index in [-0.39, 0.29) is 0 Å². The lowest BCUT2D eigenvalue weighted by Crippen LogP contribution is -2.04. The number of unbranched alkanes of at least 4 members (excludes halogenated alkanes) is 17. The van der Waals surface area contributed by atoms with Gasteiger partial charge in [0.15, 0.2) is 0 Å². The van der Waals surface area contributed by atoms with E-state index >= 15 is 0 Å². The molecule has 31 heavy (non-hydrogen) atoms. The first-order valence-corrected chi connectivity index (χ1v) is 15.2. The highest BCUT2D eigenvalue weighted by Gasteiger charge is 2.26. The minimum absolute atomic E-state index is 0.470. The molecule has 0 amide bonds. The molecule has 5 heteroatoms. The van der Waals surface area contributed by atoms with Gasteiger partial charge in [0.2, 0.25) is 0 Å². The van der Waals surface area contributed by atoms with Gasteiger partial charge in [-0.15, -0.1) is 0 Å². The van der Waals surface area contributed by atoms with E-state index in [2.05, 4.69) is 20.8 Å². The summed E-state index contributed by atoms with van der Waals surface area (Å²) in [6.45, 7) is 8.11. The number of rotatable bonds is 26. The number of hydrogen-bond acceptors (Lipinski definition) is 4. The third-order valence-electron chi connectivity index (χ3n) is 5.74. The van der Waals surface area contributed by atoms with Gasteiger partial charge in [-0.3, -0.25) is 13.6 Å². The maximum absolute atomic E-state index is 13.0. The van der Waals surface area contributed by atoms with Crippen LogP contribution in [0.25, 0.3) is 0 Å². The molecule has 0 aromatic carbocycles. The second-order valence-corrected chi connectivity index (χ2v) is 10.6. The van der Waals surface area contributed by atoms with Gasteiger partial charge in [-0.25, -0.2) is 4.57 Å². The zero-order valence-corrected chi connectivity index (χ0v) is 22.2. The predicted molar refractivity (Wildman–Crippen MR) is 135 cm³/mol. The summed E-state index contributed by atoms with van der Waals surface area (Å²) in [6.07, 6.45) is 24.1. The molecule has 0 fully saturated rings. The highest BCUT2D eigenvalue weighted by molar-refractivity contribution is 7.48. The summed E-state index contributed by atoms with van der Waals surface area (Å²) in [5.74, 6) is 0. The van der Waals surface area contributed by atoms with Crippen molar-refractivity contribution in [1.82, 2.24) is 0 Å². The fourth-order valence-electron chi connectivity index (χ4n) is 3.64. The van der Waals surface area contributed by atoms with E-state index in [1.807, 2.05) is 0 Å². The van der Waals surface area contributed by atoms with Crippen molar-refractivity contribution in [3.05, 3.63) is 0 Å². The van der Waals surface area contributed by atoms with Gasteiger partial charge < -0.3 is 0 Å². The fourth-order valence-corrected chi connectivity index (χ4v) is 4.92. The molecule has 0 saturated heterocycles. The van der Waals surface area contributed by atoms with E-state index in [0.29, 0.717) is 19.8 Å². The summed E-state index contributed by atoms with van der Waals surface area (Å²) in [5, 5.41) is 0. The van der Waals surface area contributed by atoms with Crippen molar-refractivity contribution in [2.24, 2.45) is 0 Å². The van der Waals surface area contributed by atoms with Gasteiger partial charge in [0.25, 0.3) is 0 Å². The zero-order chi connectivity index (χ0) is 22.9. The molecule has 0 rings (SSSR count). The fraction of sp³-hybridized carbons (Fsp3) is 1.00. The Balaban J connectivity index is 4.04. The number of hydrogen-bond donors (Lipinski definition) is 0. The topological polar surface area (TPSA) is 44.8 Å². The Kier molecular flexibility index (Phi) is 24.8. The van der Waals surface area contributed by atoms with Crippen molar-refractivity contribution in [2.45, 2.75) is 149 Å². The minimum atomic E-state index is -3.41. The smallest absolute Gasteiger partial charge is 0.287 e. The molecule has 0 aliphatic heterocycles. The molecule has 188 valence electrons. The molecule has 0 saturated carbocycles. The van der Waals surface area contributed by atoms with Crippen LogP contribution in [-0.2, 0) is 18.1 Å². The van der Waals surface area contributed by atoms with Crippen LogP contribution < -0.4 is 0 Å². The van der Waals surface area contributed by atoms with Crippen molar-refractivity contribution in [3.63, 3.8) is 0 Å². The largest absolute Gasteiger partial charge is 0.474 e. The van der Waals surface area contributed by atoms with Crippen molar-refractivity contribution >= 4 is 7.82 Å². The van der Waals surface area contributed by atoms with Gasteiger partial charge in [0.05, 0.1) is 19.8 Å². The lowest BCUT2D eigenvalue weighted by atomic mass is 10.1. The van der Waals surface area contributed by atoms with Crippen LogP contribution >= 0.6 is 7.82 Å². The lowest BCUT2D eigenvalue weighted by Gasteiger charge is -2.18. The van der Waals surface area contributed by atoms with Crippen LogP contribution in [0.2, 0.25) is 0 Å². The molecule has 0 aliphatic carbocycles. The van der Waals surface area contributed by atoms with E-state index in [1.165, 1.54) is 89.9 Å². The second-order valence-electron chi connectivity index (χ2n) is 8.96. The summed E-state index contributed by atoms with van der Waals surface area (Å²) < 4.78 is 30.0. The van der Waals surface area contributed by atoms with Crippen LogP contribution in [0.1, 0.15) is 149 Å². The maximum atomic E-state index is 13.0. The molecule has 4 nitrogen and oxygen atoms in total. The van der Waals surface area contributed by atoms with Crippen molar-refractivity contribution in [2.75, 3.05) is 19.8 Å². The molecular weight excluding hydrogens is 407 g/mol. The SMILES string of the molecule is CCCCCCCCCCOP(=O)(OCCCCCCCC)OCCCCCCCC. The maximum Gasteiger partial charge on any atom is 0.474 e. The second kappa shape index (κ2) is 24.7. The van der Waals surface area contributed by atoms with Crippen LogP contribution in [0.4, 0.5) is 0 Å². The standard InChI is InChI=1S/C26H55O4P/c1-4-7-10-13-16-17-20-23-26-30-31(27,28-24-21-18-14-11-8-5-2)29-25-22-19-15-12-9-6-3/h4-26H2,1-3H3. The van der Waals surface area contributed by atoms with Gasteiger partial charge in [-0.05, 0) is 19.3 Å². The highest BCUT2D eigenvalue weighted by Crippen LogP contribution is 2.50. The van der Waals surface area contributed by atoms with Gasteiger partial charge in [0, 0.05) is 0 Å². The first-order valence-electron chi connectivity index (χ1n) is 13.7. The zero-order valence-electron chi connectivity index (χ0n) is 21.3. The van der Waals surface area contributed by atoms with Crippen LogP contribution in [0.3, 0.4) is 0 Å². The summed E-state index contributed by atoms with van der Waals surface area (Å²) >= 11 is 0. The lowest BCUT2D eigenvalue weighted by molar-refractivity contribution is 0.108. The molecule has 0 bridgehead atoms. The molecule has 0 unspecified atom stereocenters. The minimum Gasteiger partial charge on any atom is -0.287 e. The molecule has 0 aromatic rings. The van der Waals surface area contributed by atoms with Crippen LogP contribution in [0.15, 0.2) is 0 Å². The molecule has 0 atom stereocenters. The summed E-state index contributed by atoms with van der Waals surface area (Å²) in [7, 11) is -3.41. The van der Waals surface area contributed by atoms with Crippen LogP contribution in [-0.4, -0.2) is 19.8 Å². The first kappa shape index (κ1) is 31.1. The van der Waals surface area contributed by atoms with E-state index in [1.54, 1.807) is 0 Å². The Labute approximate surface area is 195 Å². The average molecular weight is 463 g/mol. The van der Waals surface area contributed by atoms with E-state index in [9.17, 15) is 4.57 Å². The third kappa shape index (κ3) is 23.1. The number of phosphoric ester groups is 1. The average Bonchev–Trinajstić information content (AvgIpc) is 2.77. The summed E-state index contributed by atoms with van der Waals surface area (Å²) in [6, 6.07) is 0. The Morgan fingerprint density at radius 3 is 0.871 bits per heavy atom. The van der Waals surface area contributed by atoms with Gasteiger partial charge in [-0.2, -0.15) is 0 Å². The monoisotopic (exact) mass is 462 g/mol. The molecule has 0 N–H and O–H groups in total. The molecule has 0 spiro atoms. The Morgan fingerprint density at radius 1 is 0.387 bits per heavy atom. The quantitative estimate of drug-likeness (QED) is 0.0947. The van der Waals surface area contributed by atoms with Gasteiger partial charge >= 0.3 is 7.82 Å². The Hall–Kier alpha value is 0.110. The Bertz CT molecular complexity index is 368. The van der Waals surface area contributed by atoms with E-state index < -0.39 is 7.82 Å². The molecule has 0 heterocycles. The highest BCUT2D eigenvalue weighted by atomic mass is 31.2. The van der Waals surface area contributed by atoms with Crippen molar-refractivity contribution in [3.8, 4) is 0 Å². The van der Waals surface area contributed by atoms with Gasteiger partial charge in [-0.1, -0.05) is 130 Å². The van der Waals surface area contributed by atoms with E-state index in [0.717, 1.165) is 38.5 Å². The van der Waals surface area contributed by atoms with E-state index in [4.69, 9.17) is 13.6 Å². The molecular formula is C26H55O4P. The van der Waals surface area contributed by atoms with Crippen LogP contribution in [0.5, 0.6) is 0 Å². The predicted octanol–water partition coefficient (Wildman–Crippen LogP) is 10.0. The number of phosphoric acid groups is 1.